The van der Waals surface area contributed by atoms with Gasteiger partial charge in [-0.2, -0.15) is 0 Å². The molecular weight excluding hydrogens is 166 g/mol. The summed E-state index contributed by atoms with van der Waals surface area (Å²) in [6.07, 6.45) is 2.80. The summed E-state index contributed by atoms with van der Waals surface area (Å²) in [6.45, 7) is 0. The van der Waals surface area contributed by atoms with Gasteiger partial charge in [0.25, 0.3) is 0 Å². The zero-order valence-corrected chi connectivity index (χ0v) is 6.93. The molecule has 0 aromatic rings. The van der Waals surface area contributed by atoms with Crippen LogP contribution in [0.2, 0.25) is 0 Å². The van der Waals surface area contributed by atoms with Gasteiger partial charge in [0.2, 0.25) is 10.0 Å². The third-order valence-electron chi connectivity index (χ3n) is 2.23. The molecule has 5 heteroatoms. The predicted octanol–water partition coefficient (Wildman–Crippen LogP) is -0.213. The van der Waals surface area contributed by atoms with Gasteiger partial charge in [0.15, 0.2) is 0 Å². The largest absolute Gasteiger partial charge is 0.302 e. The minimum absolute atomic E-state index is 0.384. The second kappa shape index (κ2) is 2.57. The molecule has 1 fully saturated rings. The van der Waals surface area contributed by atoms with Crippen molar-refractivity contribution in [1.82, 2.24) is 0 Å². The van der Waals surface area contributed by atoms with Gasteiger partial charge in [0.1, 0.15) is 11.0 Å². The SMILES string of the molecule is NS(=O)(=O)C1(C=O)CCCC1. The summed E-state index contributed by atoms with van der Waals surface area (Å²) in [5, 5.41) is 4.93. The number of hydrogen-bond donors (Lipinski definition) is 1. The van der Waals surface area contributed by atoms with Crippen molar-refractivity contribution < 1.29 is 13.2 Å². The van der Waals surface area contributed by atoms with Crippen LogP contribution in [0.25, 0.3) is 0 Å². The van der Waals surface area contributed by atoms with Gasteiger partial charge in [-0.05, 0) is 12.8 Å². The van der Waals surface area contributed by atoms with E-state index in [-0.39, 0.29) is 0 Å². The highest BCUT2D eigenvalue weighted by molar-refractivity contribution is 7.91. The number of sulfonamides is 1. The Balaban J connectivity index is 3.02. The maximum atomic E-state index is 10.9. The highest BCUT2D eigenvalue weighted by Gasteiger charge is 2.43. The van der Waals surface area contributed by atoms with Gasteiger partial charge in [0.05, 0.1) is 0 Å². The lowest BCUT2D eigenvalue weighted by Crippen LogP contribution is -2.42. The van der Waals surface area contributed by atoms with Gasteiger partial charge in [-0.25, -0.2) is 13.6 Å². The summed E-state index contributed by atoms with van der Waals surface area (Å²) in [7, 11) is -3.68. The maximum Gasteiger partial charge on any atom is 0.221 e. The highest BCUT2D eigenvalue weighted by atomic mass is 32.2. The smallest absolute Gasteiger partial charge is 0.221 e. The quantitative estimate of drug-likeness (QED) is 0.593. The molecule has 0 amide bonds. The second-order valence-electron chi connectivity index (χ2n) is 2.93. The lowest BCUT2D eigenvalue weighted by molar-refractivity contribution is -0.109. The Kier molecular flexibility index (Phi) is 2.02. The molecule has 1 aliphatic carbocycles. The van der Waals surface area contributed by atoms with Crippen LogP contribution in [-0.4, -0.2) is 19.5 Å². The Morgan fingerprint density at radius 2 is 1.73 bits per heavy atom. The Hall–Kier alpha value is -0.420. The molecule has 0 bridgehead atoms. The van der Waals surface area contributed by atoms with Gasteiger partial charge in [0, 0.05) is 0 Å². The molecule has 2 N–H and O–H groups in total. The number of hydrogen-bond acceptors (Lipinski definition) is 3. The van der Waals surface area contributed by atoms with Crippen LogP contribution in [0.15, 0.2) is 0 Å². The monoisotopic (exact) mass is 177 g/mol. The number of nitrogens with two attached hydrogens (primary N) is 1. The maximum absolute atomic E-state index is 10.9. The first-order valence-corrected chi connectivity index (χ1v) is 5.05. The molecule has 1 aliphatic rings. The van der Waals surface area contributed by atoms with E-state index in [0.29, 0.717) is 19.1 Å². The van der Waals surface area contributed by atoms with Crippen LogP contribution in [0, 0.1) is 0 Å². The Labute approximate surface area is 65.8 Å². The van der Waals surface area contributed by atoms with E-state index in [1.54, 1.807) is 0 Å². The lowest BCUT2D eigenvalue weighted by Gasteiger charge is -2.17. The average Bonchev–Trinajstić information content (AvgIpc) is 2.33. The zero-order chi connectivity index (χ0) is 8.54. The number of rotatable bonds is 2. The Morgan fingerprint density at radius 3 is 1.91 bits per heavy atom. The van der Waals surface area contributed by atoms with E-state index in [0.717, 1.165) is 12.8 Å². The third-order valence-corrected chi connectivity index (χ3v) is 3.87. The molecule has 0 saturated heterocycles. The van der Waals surface area contributed by atoms with Crippen LogP contribution in [0.5, 0.6) is 0 Å². The number of carbonyl (C=O) groups excluding carboxylic acids is 1. The average molecular weight is 177 g/mol. The third kappa shape index (κ3) is 1.30. The minimum Gasteiger partial charge on any atom is -0.302 e. The van der Waals surface area contributed by atoms with Crippen molar-refractivity contribution in [3.05, 3.63) is 0 Å². The van der Waals surface area contributed by atoms with Gasteiger partial charge >= 0.3 is 0 Å². The Bertz CT molecular complexity index is 251. The number of aldehydes is 1. The fourth-order valence-electron chi connectivity index (χ4n) is 1.44. The van der Waals surface area contributed by atoms with Crippen LogP contribution in [0.4, 0.5) is 0 Å². The van der Waals surface area contributed by atoms with E-state index in [1.165, 1.54) is 0 Å². The molecule has 11 heavy (non-hydrogen) atoms. The molecule has 0 heterocycles. The molecule has 0 unspecified atom stereocenters. The standard InChI is InChI=1S/C6H11NO3S/c7-11(9,10)6(5-8)3-1-2-4-6/h5H,1-4H2,(H2,7,9,10). The molecule has 0 aromatic heterocycles. The molecule has 1 saturated carbocycles. The first-order valence-electron chi connectivity index (χ1n) is 3.50. The number of carbonyl (C=O) groups is 1. The van der Waals surface area contributed by atoms with Crippen LogP contribution in [-0.2, 0) is 14.8 Å². The summed E-state index contributed by atoms with van der Waals surface area (Å²) in [4.78, 5) is 10.5. The molecule has 0 atom stereocenters. The van der Waals surface area contributed by atoms with Crippen LogP contribution >= 0.6 is 0 Å². The van der Waals surface area contributed by atoms with Crippen LogP contribution in [0.1, 0.15) is 25.7 Å². The van der Waals surface area contributed by atoms with E-state index >= 15 is 0 Å². The highest BCUT2D eigenvalue weighted by Crippen LogP contribution is 2.33. The molecule has 0 aliphatic heterocycles. The summed E-state index contributed by atoms with van der Waals surface area (Å²) < 4.78 is 20.6. The van der Waals surface area contributed by atoms with Crippen LogP contribution < -0.4 is 5.14 Å². The van der Waals surface area contributed by atoms with Gasteiger partial charge < -0.3 is 4.79 Å². The zero-order valence-electron chi connectivity index (χ0n) is 6.12. The Morgan fingerprint density at radius 1 is 1.27 bits per heavy atom. The van der Waals surface area contributed by atoms with Crippen LogP contribution in [0.3, 0.4) is 0 Å². The van der Waals surface area contributed by atoms with Crippen molar-refractivity contribution in [2.45, 2.75) is 30.4 Å². The van der Waals surface area contributed by atoms with Crippen molar-refractivity contribution in [3.63, 3.8) is 0 Å². The van der Waals surface area contributed by atoms with Crippen molar-refractivity contribution >= 4 is 16.3 Å². The fraction of sp³-hybridized carbons (Fsp3) is 0.833. The van der Waals surface area contributed by atoms with E-state index in [9.17, 15) is 13.2 Å². The van der Waals surface area contributed by atoms with Gasteiger partial charge in [-0.1, -0.05) is 12.8 Å². The predicted molar refractivity (Wildman–Crippen MR) is 40.4 cm³/mol. The molecule has 0 radical (unpaired) electrons. The molecule has 0 aromatic carbocycles. The summed E-state index contributed by atoms with van der Waals surface area (Å²) >= 11 is 0. The minimum atomic E-state index is -3.68. The first-order chi connectivity index (χ1) is 5.02. The summed E-state index contributed by atoms with van der Waals surface area (Å²) in [6, 6.07) is 0. The molecular formula is C6H11NO3S. The van der Waals surface area contributed by atoms with Crippen molar-refractivity contribution in [3.8, 4) is 0 Å². The lowest BCUT2D eigenvalue weighted by atomic mass is 10.1. The van der Waals surface area contributed by atoms with E-state index in [1.807, 2.05) is 0 Å². The summed E-state index contributed by atoms with van der Waals surface area (Å²) in [5.74, 6) is 0. The van der Waals surface area contributed by atoms with E-state index in [2.05, 4.69) is 0 Å². The molecule has 64 valence electrons. The van der Waals surface area contributed by atoms with E-state index < -0.39 is 14.8 Å². The topological polar surface area (TPSA) is 77.2 Å². The summed E-state index contributed by atoms with van der Waals surface area (Å²) in [5.41, 5.74) is 0. The van der Waals surface area contributed by atoms with Gasteiger partial charge in [-0.15, -0.1) is 0 Å². The van der Waals surface area contributed by atoms with E-state index in [4.69, 9.17) is 5.14 Å². The second-order valence-corrected chi connectivity index (χ2v) is 4.84. The molecule has 1 rings (SSSR count). The van der Waals surface area contributed by atoms with Crippen molar-refractivity contribution in [1.29, 1.82) is 0 Å². The normalized spacial score (nSPS) is 23.4. The molecule has 0 spiro atoms. The number of primary sulfonamides is 1. The molecule has 4 nitrogen and oxygen atoms in total. The van der Waals surface area contributed by atoms with Crippen molar-refractivity contribution in [2.24, 2.45) is 5.14 Å². The first kappa shape index (κ1) is 8.67. The fourth-order valence-corrected chi connectivity index (χ4v) is 2.43. The van der Waals surface area contributed by atoms with Gasteiger partial charge in [-0.3, -0.25) is 0 Å². The van der Waals surface area contributed by atoms with Crippen molar-refractivity contribution in [2.75, 3.05) is 0 Å².